The second-order valence-corrected chi connectivity index (χ2v) is 10.2. The summed E-state index contributed by atoms with van der Waals surface area (Å²) in [5.41, 5.74) is -2.51. The number of rotatable bonds is 7. The maximum absolute atomic E-state index is 13.1. The van der Waals surface area contributed by atoms with E-state index < -0.39 is 34.8 Å². The molecule has 0 bridgehead atoms. The van der Waals surface area contributed by atoms with Crippen LogP contribution in [0.3, 0.4) is 0 Å². The summed E-state index contributed by atoms with van der Waals surface area (Å²) < 4.78 is 18.3. The first-order valence-corrected chi connectivity index (χ1v) is 13.2. The molecule has 14 nitrogen and oxygen atoms in total. The molecule has 1 unspecified atom stereocenters. The zero-order valence-electron chi connectivity index (χ0n) is 22.1. The van der Waals surface area contributed by atoms with Gasteiger partial charge < -0.3 is 19.5 Å². The van der Waals surface area contributed by atoms with E-state index >= 15 is 0 Å². The zero-order chi connectivity index (χ0) is 29.8. The summed E-state index contributed by atoms with van der Waals surface area (Å²) in [7, 11) is 0. The van der Waals surface area contributed by atoms with Crippen molar-refractivity contribution in [2.24, 2.45) is 0 Å². The van der Waals surface area contributed by atoms with E-state index in [0.29, 0.717) is 31.6 Å². The van der Waals surface area contributed by atoms with Gasteiger partial charge in [0.05, 0.1) is 15.7 Å². The summed E-state index contributed by atoms with van der Waals surface area (Å²) in [5, 5.41) is 19.6. The molecule has 216 valence electrons. The van der Waals surface area contributed by atoms with E-state index in [1.54, 1.807) is 19.9 Å². The topological polar surface area (TPSA) is 183 Å². The van der Waals surface area contributed by atoms with E-state index in [4.69, 9.17) is 42.7 Å². The summed E-state index contributed by atoms with van der Waals surface area (Å²) in [6.07, 6.45) is -0.503. The second-order valence-electron chi connectivity index (χ2n) is 9.35. The number of benzene rings is 1. The molecule has 1 amide bonds. The predicted octanol–water partition coefficient (Wildman–Crippen LogP) is 3.00. The van der Waals surface area contributed by atoms with Crippen LogP contribution in [0.5, 0.6) is 11.6 Å². The number of nitriles is 1. The highest BCUT2D eigenvalue weighted by Crippen LogP contribution is 2.38. The molecule has 1 saturated heterocycles. The van der Waals surface area contributed by atoms with Crippen molar-refractivity contribution >= 4 is 29.3 Å². The van der Waals surface area contributed by atoms with Crippen molar-refractivity contribution in [3.05, 3.63) is 70.7 Å². The van der Waals surface area contributed by atoms with Crippen molar-refractivity contribution in [1.82, 2.24) is 29.9 Å². The lowest BCUT2D eigenvalue weighted by atomic mass is 10.1. The van der Waals surface area contributed by atoms with Gasteiger partial charge in [0, 0.05) is 30.9 Å². The van der Waals surface area contributed by atoms with Crippen molar-refractivity contribution in [2.75, 3.05) is 13.2 Å². The van der Waals surface area contributed by atoms with Gasteiger partial charge in [0.25, 0.3) is 11.1 Å². The first-order chi connectivity index (χ1) is 19.5. The quantitative estimate of drug-likeness (QED) is 0.405. The van der Waals surface area contributed by atoms with Gasteiger partial charge in [-0.15, -0.1) is 10.2 Å². The number of halogens is 2. The molecule has 1 fully saturated rings. The Morgan fingerprint density at radius 3 is 2.41 bits per heavy atom. The minimum absolute atomic E-state index is 0.0449. The summed E-state index contributed by atoms with van der Waals surface area (Å²) in [6, 6.07) is 5.47. The minimum atomic E-state index is -1.09. The Hall–Kier alpha value is -4.19. The summed E-state index contributed by atoms with van der Waals surface area (Å²) in [4.78, 5) is 51.5. The fraction of sp³-hybridized carbons (Fsp3) is 0.400. The largest absolute Gasteiger partial charge is 0.434 e. The number of nitrogens with one attached hydrogen (secondary N) is 2. The molecule has 0 spiro atoms. The number of carbonyl (C=O) groups excluding carboxylic acids is 1. The van der Waals surface area contributed by atoms with Gasteiger partial charge in [-0.2, -0.15) is 14.6 Å². The number of aromatic nitrogens is 5. The monoisotopic (exact) mass is 605 g/mol. The van der Waals surface area contributed by atoms with Gasteiger partial charge in [-0.3, -0.25) is 14.6 Å². The normalized spacial score (nSPS) is 14.4. The first-order valence-electron chi connectivity index (χ1n) is 12.5. The summed E-state index contributed by atoms with van der Waals surface area (Å²) in [5.74, 6) is -0.382. The Morgan fingerprint density at radius 2 is 1.80 bits per heavy atom. The lowest BCUT2D eigenvalue weighted by Crippen LogP contribution is -2.41. The smallest absolute Gasteiger partial charge is 0.409 e. The summed E-state index contributed by atoms with van der Waals surface area (Å²) in [6.45, 7) is 6.15. The SMILES string of the molecule is CC(C)c1cc(Oc2c(Cl)cc(-n3nc(C#N)c(=O)[nH]c3=O)cc2Cl)nn(C(C)OC(=O)NC2CCOCC2)c1=O. The average Bonchev–Trinajstić information content (AvgIpc) is 2.91. The number of aromatic amines is 1. The number of ether oxygens (including phenoxy) is 3. The lowest BCUT2D eigenvalue weighted by molar-refractivity contribution is 0.0421. The van der Waals surface area contributed by atoms with Crippen molar-refractivity contribution in [3.8, 4) is 23.4 Å². The van der Waals surface area contributed by atoms with Gasteiger partial charge in [-0.1, -0.05) is 37.0 Å². The number of hydrogen-bond donors (Lipinski definition) is 2. The van der Waals surface area contributed by atoms with Gasteiger partial charge >= 0.3 is 11.8 Å². The van der Waals surface area contributed by atoms with Crippen molar-refractivity contribution in [2.45, 2.75) is 51.8 Å². The van der Waals surface area contributed by atoms with Crippen LogP contribution in [0, 0.1) is 11.3 Å². The molecule has 1 aromatic carbocycles. The Morgan fingerprint density at radius 1 is 1.15 bits per heavy atom. The molecule has 1 aliphatic heterocycles. The fourth-order valence-corrected chi connectivity index (χ4v) is 4.54. The van der Waals surface area contributed by atoms with E-state index in [2.05, 4.69) is 15.5 Å². The van der Waals surface area contributed by atoms with Crippen LogP contribution in [0.25, 0.3) is 5.69 Å². The number of amides is 1. The maximum atomic E-state index is 13.1. The molecule has 0 saturated carbocycles. The highest BCUT2D eigenvalue weighted by molar-refractivity contribution is 6.37. The van der Waals surface area contributed by atoms with Crippen LogP contribution in [-0.4, -0.2) is 49.9 Å². The van der Waals surface area contributed by atoms with Crippen LogP contribution < -0.4 is 26.9 Å². The van der Waals surface area contributed by atoms with Crippen molar-refractivity contribution in [3.63, 3.8) is 0 Å². The maximum Gasteiger partial charge on any atom is 0.409 e. The second kappa shape index (κ2) is 12.5. The molecule has 16 heteroatoms. The Kier molecular flexibility index (Phi) is 9.11. The predicted molar refractivity (Wildman–Crippen MR) is 146 cm³/mol. The molecule has 4 rings (SSSR count). The molecule has 1 aliphatic rings. The average molecular weight is 606 g/mol. The molecule has 0 aliphatic carbocycles. The standard InChI is InChI=1S/C25H25Cl2N7O7/c1-12(2)16-10-20(32-33(23(16)36)13(3)40-25(38)29-14-4-6-39-7-5-14)41-21-17(26)8-15(9-18(21)27)34-24(37)30-22(35)19(11-28)31-34/h8-10,12-14H,4-7H2,1-3H3,(H,29,38)(H,30,35,37). The van der Waals surface area contributed by atoms with E-state index in [9.17, 15) is 19.2 Å². The van der Waals surface area contributed by atoms with Crippen molar-refractivity contribution < 1.29 is 19.0 Å². The van der Waals surface area contributed by atoms with E-state index in [1.807, 2.05) is 4.98 Å². The molecular weight excluding hydrogens is 581 g/mol. The molecule has 41 heavy (non-hydrogen) atoms. The van der Waals surface area contributed by atoms with Crippen molar-refractivity contribution in [1.29, 1.82) is 5.26 Å². The number of H-pyrrole nitrogens is 1. The van der Waals surface area contributed by atoms with Gasteiger partial charge in [0.2, 0.25) is 11.6 Å². The van der Waals surface area contributed by atoms with Gasteiger partial charge in [0.15, 0.2) is 12.0 Å². The van der Waals surface area contributed by atoms with Crippen LogP contribution in [-0.2, 0) is 9.47 Å². The first kappa shape index (κ1) is 29.8. The van der Waals surface area contributed by atoms with Crippen LogP contribution in [0.15, 0.2) is 32.6 Å². The molecule has 0 radical (unpaired) electrons. The number of hydrogen-bond acceptors (Lipinski definition) is 10. The van der Waals surface area contributed by atoms with Crippen LogP contribution in [0.1, 0.15) is 57.0 Å². The molecule has 2 aromatic heterocycles. The highest BCUT2D eigenvalue weighted by Gasteiger charge is 2.23. The van der Waals surface area contributed by atoms with Gasteiger partial charge in [-0.25, -0.2) is 9.59 Å². The zero-order valence-corrected chi connectivity index (χ0v) is 23.7. The molecule has 3 heterocycles. The third-order valence-electron chi connectivity index (χ3n) is 6.10. The van der Waals surface area contributed by atoms with Gasteiger partial charge in [0.1, 0.15) is 6.07 Å². The molecule has 3 aromatic rings. The van der Waals surface area contributed by atoms with Gasteiger partial charge in [-0.05, 0) is 37.8 Å². The van der Waals surface area contributed by atoms with Crippen LogP contribution in [0.4, 0.5) is 4.79 Å². The number of alkyl carbamates (subject to hydrolysis) is 1. The number of nitrogens with zero attached hydrogens (tertiary/aromatic N) is 5. The number of carbonyl (C=O) groups is 1. The van der Waals surface area contributed by atoms with Crippen LogP contribution >= 0.6 is 23.2 Å². The lowest BCUT2D eigenvalue weighted by Gasteiger charge is -2.24. The Labute approximate surface area is 242 Å². The molecular formula is C25H25Cl2N7O7. The third-order valence-corrected chi connectivity index (χ3v) is 6.66. The van der Waals surface area contributed by atoms with E-state index in [-0.39, 0.29) is 39.3 Å². The molecule has 1 atom stereocenters. The third kappa shape index (κ3) is 6.76. The fourth-order valence-electron chi connectivity index (χ4n) is 3.98. The van der Waals surface area contributed by atoms with E-state index in [0.717, 1.165) is 9.36 Å². The Balaban J connectivity index is 1.64. The molecule has 2 N–H and O–H groups in total. The van der Waals surface area contributed by atoms with E-state index in [1.165, 1.54) is 25.1 Å². The Bertz CT molecular complexity index is 1660. The van der Waals surface area contributed by atoms with Crippen LogP contribution in [0.2, 0.25) is 10.0 Å². The minimum Gasteiger partial charge on any atom is -0.434 e. The summed E-state index contributed by atoms with van der Waals surface area (Å²) >= 11 is 12.8. The highest BCUT2D eigenvalue weighted by atomic mass is 35.5.